The van der Waals surface area contributed by atoms with E-state index in [1.807, 2.05) is 30.3 Å². The maximum atomic E-state index is 13.4. The van der Waals surface area contributed by atoms with E-state index in [0.717, 1.165) is 18.4 Å². The largest absolute Gasteiger partial charge is 0.451 e. The molecular weight excluding hydrogens is 410 g/mol. The third-order valence-corrected chi connectivity index (χ3v) is 6.53. The Kier molecular flexibility index (Phi) is 5.40. The number of sulfone groups is 1. The molecule has 1 amide bonds. The van der Waals surface area contributed by atoms with Crippen molar-refractivity contribution in [3.8, 4) is 0 Å². The Labute approximate surface area is 175 Å². The van der Waals surface area contributed by atoms with Crippen molar-refractivity contribution in [3.63, 3.8) is 0 Å². The first-order valence-electron chi connectivity index (χ1n) is 9.56. The molecule has 0 bridgehead atoms. The fourth-order valence-corrected chi connectivity index (χ4v) is 5.06. The molecule has 2 heterocycles. The molecule has 2 aromatic carbocycles. The number of halogens is 1. The van der Waals surface area contributed by atoms with Crippen molar-refractivity contribution in [2.75, 3.05) is 12.8 Å². The van der Waals surface area contributed by atoms with Gasteiger partial charge in [0.05, 0.1) is 5.75 Å². The number of carbonyl (C=O) groups excluding carboxylic acids is 1. The van der Waals surface area contributed by atoms with Crippen molar-refractivity contribution in [3.05, 3.63) is 70.4 Å². The van der Waals surface area contributed by atoms with Gasteiger partial charge >= 0.3 is 0 Å². The molecule has 0 N–H and O–H groups in total. The number of para-hydroxylation sites is 1. The smallest absolute Gasteiger partial charge is 0.290 e. The van der Waals surface area contributed by atoms with E-state index < -0.39 is 9.84 Å². The normalized spacial score (nSPS) is 17.2. The number of hydrogen-bond acceptors (Lipinski definition) is 4. The first-order valence-corrected chi connectivity index (χ1v) is 12.0. The van der Waals surface area contributed by atoms with Gasteiger partial charge in [-0.25, -0.2) is 8.42 Å². The highest BCUT2D eigenvalue weighted by molar-refractivity contribution is 7.89. The van der Waals surface area contributed by atoms with Crippen LogP contribution in [-0.2, 0) is 22.0 Å². The van der Waals surface area contributed by atoms with E-state index in [0.29, 0.717) is 34.5 Å². The summed E-state index contributed by atoms with van der Waals surface area (Å²) in [4.78, 5) is 15.2. The maximum absolute atomic E-state index is 13.4. The minimum Gasteiger partial charge on any atom is -0.451 e. The average Bonchev–Trinajstić information content (AvgIpc) is 3.27. The van der Waals surface area contributed by atoms with Crippen molar-refractivity contribution in [2.24, 2.45) is 0 Å². The van der Waals surface area contributed by atoms with Gasteiger partial charge in [-0.05, 0) is 37.0 Å². The lowest BCUT2D eigenvalue weighted by atomic mass is 10.0. The molecule has 3 aromatic rings. The lowest BCUT2D eigenvalue weighted by Crippen LogP contribution is -2.37. The second-order valence-corrected chi connectivity index (χ2v) is 10.1. The van der Waals surface area contributed by atoms with E-state index in [1.165, 1.54) is 6.26 Å². The molecule has 7 heteroatoms. The summed E-state index contributed by atoms with van der Waals surface area (Å²) >= 11 is 6.31. The van der Waals surface area contributed by atoms with Gasteiger partial charge in [0, 0.05) is 34.8 Å². The van der Waals surface area contributed by atoms with Crippen LogP contribution >= 0.6 is 11.6 Å². The summed E-state index contributed by atoms with van der Waals surface area (Å²) in [6, 6.07) is 14.8. The zero-order valence-electron chi connectivity index (χ0n) is 16.1. The summed E-state index contributed by atoms with van der Waals surface area (Å²) < 4.78 is 29.9. The van der Waals surface area contributed by atoms with Crippen molar-refractivity contribution in [1.82, 2.24) is 4.90 Å². The predicted octanol–water partition coefficient (Wildman–Crippen LogP) is 4.48. The summed E-state index contributed by atoms with van der Waals surface area (Å²) in [6.07, 6.45) is 3.59. The van der Waals surface area contributed by atoms with Gasteiger partial charge in [-0.15, -0.1) is 0 Å². The second-order valence-electron chi connectivity index (χ2n) is 7.57. The Bertz CT molecular complexity index is 1170. The van der Waals surface area contributed by atoms with Crippen LogP contribution in [0.3, 0.4) is 0 Å². The topological polar surface area (TPSA) is 67.6 Å². The van der Waals surface area contributed by atoms with Crippen molar-refractivity contribution in [1.29, 1.82) is 0 Å². The molecule has 1 unspecified atom stereocenters. The molecule has 1 fully saturated rings. The fourth-order valence-electron chi connectivity index (χ4n) is 4.04. The molecule has 1 saturated heterocycles. The Hall–Kier alpha value is -2.31. The highest BCUT2D eigenvalue weighted by Crippen LogP contribution is 2.32. The molecule has 152 valence electrons. The quantitative estimate of drug-likeness (QED) is 0.597. The number of amides is 1. The van der Waals surface area contributed by atoms with Gasteiger partial charge in [-0.2, -0.15) is 0 Å². The number of nitrogens with zero attached hydrogens (tertiary/aromatic N) is 1. The number of fused-ring (bicyclic) bond motifs is 1. The molecule has 5 nitrogen and oxygen atoms in total. The van der Waals surface area contributed by atoms with E-state index in [9.17, 15) is 13.2 Å². The summed E-state index contributed by atoms with van der Waals surface area (Å²) in [5.41, 5.74) is 1.97. The molecule has 0 spiro atoms. The zero-order chi connectivity index (χ0) is 20.6. The van der Waals surface area contributed by atoms with E-state index in [1.54, 1.807) is 23.1 Å². The van der Waals surface area contributed by atoms with Gasteiger partial charge in [-0.1, -0.05) is 48.0 Å². The standard InChI is InChI=1S/C22H22ClNO4S/c1-29(26,27)14-18-17-9-3-5-11-20(17)28-21(18)22(25)24-12-6-8-16(24)13-15-7-2-4-10-19(15)23/h2-5,7,9-11,16H,6,8,12-14H2,1H3. The van der Waals surface area contributed by atoms with Gasteiger partial charge in [0.2, 0.25) is 0 Å². The molecule has 1 aliphatic heterocycles. The van der Waals surface area contributed by atoms with Gasteiger partial charge in [0.1, 0.15) is 5.58 Å². The summed E-state index contributed by atoms with van der Waals surface area (Å²) in [6.45, 7) is 0.614. The van der Waals surface area contributed by atoms with E-state index in [-0.39, 0.29) is 23.5 Å². The molecule has 0 saturated carbocycles. The van der Waals surface area contributed by atoms with Crippen molar-refractivity contribution in [2.45, 2.75) is 31.1 Å². The Balaban J connectivity index is 1.69. The number of rotatable bonds is 5. The molecule has 29 heavy (non-hydrogen) atoms. The maximum Gasteiger partial charge on any atom is 0.290 e. The van der Waals surface area contributed by atoms with Crippen LogP contribution in [0.4, 0.5) is 0 Å². The number of hydrogen-bond donors (Lipinski definition) is 0. The van der Waals surface area contributed by atoms with E-state index in [2.05, 4.69) is 0 Å². The van der Waals surface area contributed by atoms with Crippen LogP contribution in [0.5, 0.6) is 0 Å². The van der Waals surface area contributed by atoms with E-state index in [4.69, 9.17) is 16.0 Å². The van der Waals surface area contributed by atoms with Gasteiger partial charge < -0.3 is 9.32 Å². The van der Waals surface area contributed by atoms with Crippen LogP contribution in [0.2, 0.25) is 5.02 Å². The minimum absolute atomic E-state index is 0.00157. The molecular formula is C22H22ClNO4S. The Morgan fingerprint density at radius 3 is 2.66 bits per heavy atom. The molecule has 1 aliphatic rings. The van der Waals surface area contributed by atoms with Gasteiger partial charge in [-0.3, -0.25) is 4.79 Å². The molecule has 1 aromatic heterocycles. The van der Waals surface area contributed by atoms with Crippen LogP contribution in [-0.4, -0.2) is 38.1 Å². The summed E-state index contributed by atoms with van der Waals surface area (Å²) in [5.74, 6) is -0.356. The van der Waals surface area contributed by atoms with Crippen LogP contribution < -0.4 is 0 Å². The molecule has 0 aliphatic carbocycles. The zero-order valence-corrected chi connectivity index (χ0v) is 17.7. The lowest BCUT2D eigenvalue weighted by molar-refractivity contribution is 0.0705. The van der Waals surface area contributed by atoms with Crippen LogP contribution in [0, 0.1) is 0 Å². The second kappa shape index (κ2) is 7.84. The fraction of sp³-hybridized carbons (Fsp3) is 0.318. The van der Waals surface area contributed by atoms with Gasteiger partial charge in [0.15, 0.2) is 15.6 Å². The van der Waals surface area contributed by atoms with Gasteiger partial charge in [0.25, 0.3) is 5.91 Å². The molecule has 0 radical (unpaired) electrons. The van der Waals surface area contributed by atoms with Crippen molar-refractivity contribution >= 4 is 38.3 Å². The SMILES string of the molecule is CS(=O)(=O)Cc1c(C(=O)N2CCCC2Cc2ccccc2Cl)oc2ccccc12. The van der Waals surface area contributed by atoms with E-state index >= 15 is 0 Å². The Morgan fingerprint density at radius 2 is 1.90 bits per heavy atom. The average molecular weight is 432 g/mol. The number of benzene rings is 2. The first-order chi connectivity index (χ1) is 13.8. The minimum atomic E-state index is -3.33. The highest BCUT2D eigenvalue weighted by atomic mass is 35.5. The number of carbonyl (C=O) groups is 1. The first kappa shape index (κ1) is 20.0. The third kappa shape index (κ3) is 4.19. The van der Waals surface area contributed by atoms with Crippen molar-refractivity contribution < 1.29 is 17.6 Å². The summed E-state index contributed by atoms with van der Waals surface area (Å²) in [7, 11) is -3.33. The Morgan fingerprint density at radius 1 is 1.17 bits per heavy atom. The number of likely N-dealkylation sites (tertiary alicyclic amines) is 1. The molecule has 4 rings (SSSR count). The number of furan rings is 1. The van der Waals surface area contributed by atoms with Crippen LogP contribution in [0.1, 0.15) is 34.5 Å². The molecule has 1 atom stereocenters. The van der Waals surface area contributed by atoms with Crippen LogP contribution in [0.15, 0.2) is 52.9 Å². The van der Waals surface area contributed by atoms with Crippen LogP contribution in [0.25, 0.3) is 11.0 Å². The monoisotopic (exact) mass is 431 g/mol. The lowest BCUT2D eigenvalue weighted by Gasteiger charge is -2.24. The predicted molar refractivity (Wildman–Crippen MR) is 114 cm³/mol. The summed E-state index contributed by atoms with van der Waals surface area (Å²) in [5, 5.41) is 1.36. The third-order valence-electron chi connectivity index (χ3n) is 5.35. The highest BCUT2D eigenvalue weighted by Gasteiger charge is 2.34.